The first kappa shape index (κ1) is 40.4. The van der Waals surface area contributed by atoms with Crippen molar-refractivity contribution in [3.8, 4) is 23.0 Å². The number of likely N-dealkylation sites (tertiary alicyclic amines) is 1. The lowest BCUT2D eigenvalue weighted by Crippen LogP contribution is -2.60. The Morgan fingerprint density at radius 3 is 2.36 bits per heavy atom. The quantitative estimate of drug-likeness (QED) is 0.222. The van der Waals surface area contributed by atoms with Gasteiger partial charge in [0.05, 0.1) is 30.3 Å². The van der Waals surface area contributed by atoms with E-state index in [9.17, 15) is 27.6 Å². The van der Waals surface area contributed by atoms with Crippen LogP contribution in [0, 0.1) is 11.3 Å². The van der Waals surface area contributed by atoms with E-state index in [2.05, 4.69) is 26.9 Å². The average molecular weight is 791 g/mol. The molecule has 6 rings (SSSR count). The summed E-state index contributed by atoms with van der Waals surface area (Å²) in [4.78, 5) is 66.3. The molecule has 56 heavy (non-hydrogen) atoms. The summed E-state index contributed by atoms with van der Waals surface area (Å²) in [6.45, 7) is 14.1. The molecule has 0 radical (unpaired) electrons. The van der Waals surface area contributed by atoms with Crippen LogP contribution in [-0.4, -0.2) is 95.3 Å². The molecule has 1 aromatic carbocycles. The Morgan fingerprint density at radius 2 is 1.77 bits per heavy atom. The zero-order valence-electron chi connectivity index (χ0n) is 32.7. The summed E-state index contributed by atoms with van der Waals surface area (Å²) in [5.41, 5.74) is -2.15. The second-order valence-corrected chi connectivity index (χ2v) is 18.7. The van der Waals surface area contributed by atoms with Gasteiger partial charge in [-0.25, -0.2) is 18.2 Å². The molecule has 16 heteroatoms. The van der Waals surface area contributed by atoms with Crippen LogP contribution in [0.3, 0.4) is 0 Å². The molecule has 3 aliphatic rings. The number of nitrogens with zero attached hydrogens (tertiary/aromatic N) is 3. The predicted octanol–water partition coefficient (Wildman–Crippen LogP) is 4.26. The van der Waals surface area contributed by atoms with E-state index in [1.165, 1.54) is 11.0 Å². The standard InChI is InChI=1S/C40H50N6O9S/c1-9-24-21-40(24,36(49)45-56(51,52)27-14-15-27)44-33(47)31-20-26(22-46(31)35(48)32(38(2,3)4)43-37(50)55-39(5,6)7)54-34-28-16-13-25(53-8)18-23(28)19-30(42-34)29-12-10-11-17-41-29/h9-13,16-19,24,26-27,31-32H,1,14-15,20-22H2,2-8H3,(H,43,50)(H,44,47)(H,45,49)/t24?,26-,31+,32-,40-/m1/s1. The molecule has 0 spiro atoms. The van der Waals surface area contributed by atoms with E-state index in [-0.39, 0.29) is 25.3 Å². The highest BCUT2D eigenvalue weighted by atomic mass is 32.2. The highest BCUT2D eigenvalue weighted by molar-refractivity contribution is 7.91. The van der Waals surface area contributed by atoms with Crippen LogP contribution in [0.5, 0.6) is 11.6 Å². The van der Waals surface area contributed by atoms with Gasteiger partial charge in [0, 0.05) is 23.9 Å². The van der Waals surface area contributed by atoms with Crippen molar-refractivity contribution < 1.29 is 41.8 Å². The topological polar surface area (TPSA) is 195 Å². The largest absolute Gasteiger partial charge is 0.497 e. The van der Waals surface area contributed by atoms with Gasteiger partial charge in [-0.3, -0.25) is 24.1 Å². The van der Waals surface area contributed by atoms with Crippen molar-refractivity contribution in [1.82, 2.24) is 30.2 Å². The SMILES string of the molecule is C=CC1C[C@]1(NC(=O)[C@@H]1C[C@@H](Oc2nc(-c3ccccn3)cc3cc(OC)ccc23)CN1C(=O)[C@@H](NC(=O)OC(C)(C)C)C(C)(C)C)C(=O)NS(=O)(=O)C1CC1. The molecule has 2 saturated carbocycles. The maximum absolute atomic E-state index is 14.6. The van der Waals surface area contributed by atoms with Crippen LogP contribution in [0.4, 0.5) is 4.79 Å². The molecule has 3 heterocycles. The lowest BCUT2D eigenvalue weighted by molar-refractivity contribution is -0.143. The fourth-order valence-electron chi connectivity index (χ4n) is 6.86. The maximum atomic E-state index is 14.6. The highest BCUT2D eigenvalue weighted by Crippen LogP contribution is 2.46. The molecule has 300 valence electrons. The van der Waals surface area contributed by atoms with Crippen molar-refractivity contribution >= 4 is 44.6 Å². The predicted molar refractivity (Wildman–Crippen MR) is 208 cm³/mol. The Kier molecular flexibility index (Phi) is 10.8. The van der Waals surface area contributed by atoms with Crippen LogP contribution in [0.25, 0.3) is 22.2 Å². The molecule has 4 amide bonds. The van der Waals surface area contributed by atoms with Crippen molar-refractivity contribution in [2.45, 2.75) is 102 Å². The van der Waals surface area contributed by atoms with Crippen molar-refractivity contribution in [1.29, 1.82) is 0 Å². The molecule has 0 bridgehead atoms. The molecule has 5 atom stereocenters. The molecule has 15 nitrogen and oxygen atoms in total. The number of alkyl carbamates (subject to hydrolysis) is 1. The third-order valence-corrected chi connectivity index (χ3v) is 11.9. The second kappa shape index (κ2) is 15.0. The van der Waals surface area contributed by atoms with Gasteiger partial charge in [-0.2, -0.15) is 0 Å². The third kappa shape index (κ3) is 8.74. The monoisotopic (exact) mass is 790 g/mol. The Bertz CT molecular complexity index is 2150. The number of hydrogen-bond donors (Lipinski definition) is 3. The fourth-order valence-corrected chi connectivity index (χ4v) is 8.22. The Morgan fingerprint density at radius 1 is 1.04 bits per heavy atom. The third-order valence-electron chi connectivity index (χ3n) is 10.1. The van der Waals surface area contributed by atoms with Crippen molar-refractivity contribution in [2.75, 3.05) is 13.7 Å². The van der Waals surface area contributed by atoms with E-state index < -0.39 is 79.7 Å². The first-order chi connectivity index (χ1) is 26.2. The van der Waals surface area contributed by atoms with Gasteiger partial charge < -0.3 is 29.7 Å². The first-order valence-corrected chi connectivity index (χ1v) is 20.2. The summed E-state index contributed by atoms with van der Waals surface area (Å²) in [6, 6.07) is 10.4. The van der Waals surface area contributed by atoms with Gasteiger partial charge in [0.1, 0.15) is 35.1 Å². The molecule has 2 aromatic heterocycles. The smallest absolute Gasteiger partial charge is 0.408 e. The van der Waals surface area contributed by atoms with Gasteiger partial charge in [0.2, 0.25) is 27.7 Å². The number of pyridine rings is 2. The summed E-state index contributed by atoms with van der Waals surface area (Å²) in [5, 5.41) is 6.25. The Balaban J connectivity index is 1.34. The number of sulfonamides is 1. The molecular formula is C40H50N6O9S. The minimum absolute atomic E-state index is 0.0230. The van der Waals surface area contributed by atoms with Crippen LogP contribution in [0.15, 0.2) is 61.3 Å². The summed E-state index contributed by atoms with van der Waals surface area (Å²) in [7, 11) is -2.36. The number of hydrogen-bond acceptors (Lipinski definition) is 11. The van der Waals surface area contributed by atoms with Crippen molar-refractivity contribution in [2.24, 2.45) is 11.3 Å². The minimum Gasteiger partial charge on any atom is -0.497 e. The maximum Gasteiger partial charge on any atom is 0.408 e. The molecular weight excluding hydrogens is 741 g/mol. The zero-order chi connectivity index (χ0) is 40.8. The number of amides is 4. The molecule has 2 aliphatic carbocycles. The molecule has 1 aliphatic heterocycles. The number of carbonyl (C=O) groups excluding carboxylic acids is 4. The highest BCUT2D eigenvalue weighted by Gasteiger charge is 2.62. The van der Waals surface area contributed by atoms with Crippen LogP contribution in [0.1, 0.15) is 67.2 Å². The first-order valence-electron chi connectivity index (χ1n) is 18.6. The molecule has 1 unspecified atom stereocenters. The Labute approximate surface area is 327 Å². The summed E-state index contributed by atoms with van der Waals surface area (Å²) in [5.74, 6) is -1.83. The lowest BCUT2D eigenvalue weighted by atomic mass is 9.85. The van der Waals surface area contributed by atoms with Gasteiger partial charge in [0.15, 0.2) is 0 Å². The van der Waals surface area contributed by atoms with E-state index >= 15 is 0 Å². The van der Waals surface area contributed by atoms with Gasteiger partial charge in [-0.1, -0.05) is 32.9 Å². The molecule has 3 fully saturated rings. The number of aromatic nitrogens is 2. The zero-order valence-corrected chi connectivity index (χ0v) is 33.6. The minimum atomic E-state index is -3.92. The van der Waals surface area contributed by atoms with Crippen LogP contribution >= 0.6 is 0 Å². The van der Waals surface area contributed by atoms with Crippen molar-refractivity contribution in [3.05, 3.63) is 61.3 Å². The van der Waals surface area contributed by atoms with E-state index in [1.807, 2.05) is 30.3 Å². The van der Waals surface area contributed by atoms with Crippen LogP contribution < -0.4 is 24.8 Å². The number of fused-ring (bicyclic) bond motifs is 1. The van der Waals surface area contributed by atoms with Crippen LogP contribution in [-0.2, 0) is 29.1 Å². The van der Waals surface area contributed by atoms with Gasteiger partial charge in [-0.05, 0) is 87.2 Å². The van der Waals surface area contributed by atoms with Gasteiger partial charge in [0.25, 0.3) is 5.91 Å². The molecule has 1 saturated heterocycles. The van der Waals surface area contributed by atoms with E-state index in [4.69, 9.17) is 19.2 Å². The fraction of sp³-hybridized carbons (Fsp3) is 0.500. The van der Waals surface area contributed by atoms with Gasteiger partial charge >= 0.3 is 6.09 Å². The van der Waals surface area contributed by atoms with E-state index in [1.54, 1.807) is 67.0 Å². The van der Waals surface area contributed by atoms with E-state index in [0.717, 1.165) is 5.39 Å². The number of benzene rings is 1. The Hall–Kier alpha value is -5.25. The van der Waals surface area contributed by atoms with Crippen molar-refractivity contribution in [3.63, 3.8) is 0 Å². The number of methoxy groups -OCH3 is 1. The number of rotatable bonds is 12. The summed E-state index contributed by atoms with van der Waals surface area (Å²) in [6.07, 6.45) is 2.54. The number of ether oxygens (including phenoxy) is 3. The number of carbonyl (C=O) groups is 4. The lowest BCUT2D eigenvalue weighted by Gasteiger charge is -2.36. The molecule has 3 N–H and O–H groups in total. The normalized spacial score (nSPS) is 22.8. The van der Waals surface area contributed by atoms with Gasteiger partial charge in [-0.15, -0.1) is 6.58 Å². The average Bonchev–Trinajstić information content (AvgIpc) is 4.06. The number of nitrogens with one attached hydrogen (secondary N) is 3. The molecule has 3 aromatic rings. The van der Waals surface area contributed by atoms with E-state index in [0.29, 0.717) is 35.4 Å². The summed E-state index contributed by atoms with van der Waals surface area (Å²) < 4.78 is 45.2. The summed E-state index contributed by atoms with van der Waals surface area (Å²) >= 11 is 0. The van der Waals surface area contributed by atoms with Crippen LogP contribution in [0.2, 0.25) is 0 Å². The second-order valence-electron chi connectivity index (χ2n) is 16.7.